The van der Waals surface area contributed by atoms with Crippen LogP contribution in [0.25, 0.3) is 0 Å². The summed E-state index contributed by atoms with van der Waals surface area (Å²) in [4.78, 5) is 0. The molecule has 0 spiro atoms. The second-order valence-electron chi connectivity index (χ2n) is 5.51. The van der Waals surface area contributed by atoms with Crippen molar-refractivity contribution in [3.05, 3.63) is 0 Å². The van der Waals surface area contributed by atoms with E-state index in [9.17, 15) is 5.11 Å². The largest absolute Gasteiger partial charge is 0.389 e. The van der Waals surface area contributed by atoms with Gasteiger partial charge in [0, 0.05) is 12.6 Å². The summed E-state index contributed by atoms with van der Waals surface area (Å²) in [6.07, 6.45) is 6.95. The first-order valence-electron chi connectivity index (χ1n) is 6.75. The first-order valence-corrected chi connectivity index (χ1v) is 6.75. The Morgan fingerprint density at radius 2 is 2.06 bits per heavy atom. The Morgan fingerprint density at radius 3 is 2.69 bits per heavy atom. The average molecular weight is 228 g/mol. The molecule has 0 aliphatic heterocycles. The summed E-state index contributed by atoms with van der Waals surface area (Å²) in [6, 6.07) is 0.516. The van der Waals surface area contributed by atoms with Crippen LogP contribution in [0.1, 0.15) is 52.4 Å². The van der Waals surface area contributed by atoms with Crippen molar-refractivity contribution in [2.24, 2.45) is 11.7 Å². The minimum atomic E-state index is -0.564. The molecule has 3 nitrogen and oxygen atoms in total. The molecule has 1 fully saturated rings. The van der Waals surface area contributed by atoms with Crippen molar-refractivity contribution < 1.29 is 5.11 Å². The quantitative estimate of drug-likeness (QED) is 0.648. The van der Waals surface area contributed by atoms with Crippen LogP contribution in [0.4, 0.5) is 0 Å². The highest BCUT2D eigenvalue weighted by Gasteiger charge is 2.26. The van der Waals surface area contributed by atoms with Gasteiger partial charge in [0.15, 0.2) is 0 Å². The maximum atomic E-state index is 10.1. The fraction of sp³-hybridized carbons (Fsp3) is 1.00. The van der Waals surface area contributed by atoms with Crippen molar-refractivity contribution >= 4 is 0 Å². The topological polar surface area (TPSA) is 58.3 Å². The van der Waals surface area contributed by atoms with Crippen molar-refractivity contribution in [1.82, 2.24) is 5.32 Å². The van der Waals surface area contributed by atoms with E-state index in [1.54, 1.807) is 0 Å². The summed E-state index contributed by atoms with van der Waals surface area (Å²) >= 11 is 0. The average Bonchev–Trinajstić information content (AvgIpc) is 2.27. The molecule has 3 heteroatoms. The first-order chi connectivity index (χ1) is 7.59. The number of aliphatic hydroxyl groups is 1. The zero-order valence-electron chi connectivity index (χ0n) is 10.8. The predicted octanol–water partition coefficient (Wildman–Crippen LogP) is 1.64. The van der Waals surface area contributed by atoms with Crippen LogP contribution in [0.15, 0.2) is 0 Å². The van der Waals surface area contributed by atoms with Gasteiger partial charge >= 0.3 is 0 Å². The van der Waals surface area contributed by atoms with Gasteiger partial charge in [-0.25, -0.2) is 0 Å². The van der Waals surface area contributed by atoms with E-state index in [-0.39, 0.29) is 0 Å². The summed E-state index contributed by atoms with van der Waals surface area (Å²) in [5, 5.41) is 13.6. The first kappa shape index (κ1) is 13.9. The van der Waals surface area contributed by atoms with Crippen LogP contribution in [-0.2, 0) is 0 Å². The lowest BCUT2D eigenvalue weighted by atomic mass is 9.84. The summed E-state index contributed by atoms with van der Waals surface area (Å²) in [5.41, 5.74) is 5.23. The van der Waals surface area contributed by atoms with Crippen molar-refractivity contribution in [1.29, 1.82) is 0 Å². The standard InChI is InChI=1S/C13H28N2O/c1-3-8-13(2,16)10-15-12-7-5-4-6-11(12)9-14/h11-12,15-16H,3-10,14H2,1-2H3. The van der Waals surface area contributed by atoms with Gasteiger partial charge < -0.3 is 16.2 Å². The smallest absolute Gasteiger partial charge is 0.0743 e. The van der Waals surface area contributed by atoms with Crippen LogP contribution in [0.2, 0.25) is 0 Å². The highest BCUT2D eigenvalue weighted by Crippen LogP contribution is 2.24. The van der Waals surface area contributed by atoms with E-state index in [1.165, 1.54) is 25.7 Å². The minimum Gasteiger partial charge on any atom is -0.389 e. The predicted molar refractivity (Wildman–Crippen MR) is 68.3 cm³/mol. The Morgan fingerprint density at radius 1 is 1.38 bits per heavy atom. The highest BCUT2D eigenvalue weighted by molar-refractivity contribution is 4.85. The number of hydrogen-bond acceptors (Lipinski definition) is 3. The monoisotopic (exact) mass is 228 g/mol. The van der Waals surface area contributed by atoms with E-state index in [4.69, 9.17) is 5.73 Å². The van der Waals surface area contributed by atoms with E-state index < -0.39 is 5.60 Å². The molecule has 1 aliphatic carbocycles. The van der Waals surface area contributed by atoms with E-state index >= 15 is 0 Å². The van der Waals surface area contributed by atoms with Crippen LogP contribution in [0.3, 0.4) is 0 Å². The van der Waals surface area contributed by atoms with E-state index in [0.717, 1.165) is 19.4 Å². The van der Waals surface area contributed by atoms with Gasteiger partial charge in [0.05, 0.1) is 5.60 Å². The Hall–Kier alpha value is -0.120. The van der Waals surface area contributed by atoms with Crippen molar-refractivity contribution in [2.75, 3.05) is 13.1 Å². The lowest BCUT2D eigenvalue weighted by Gasteiger charge is -2.34. The molecule has 3 atom stereocenters. The molecule has 1 saturated carbocycles. The van der Waals surface area contributed by atoms with Crippen molar-refractivity contribution in [2.45, 2.75) is 64.0 Å². The van der Waals surface area contributed by atoms with Gasteiger partial charge in [-0.1, -0.05) is 26.2 Å². The van der Waals surface area contributed by atoms with Gasteiger partial charge in [0.25, 0.3) is 0 Å². The maximum Gasteiger partial charge on any atom is 0.0743 e. The molecule has 0 heterocycles. The summed E-state index contributed by atoms with van der Waals surface area (Å²) in [5.74, 6) is 0.603. The van der Waals surface area contributed by atoms with E-state index in [1.807, 2.05) is 6.92 Å². The SMILES string of the molecule is CCCC(C)(O)CNC1CCCCC1CN. The molecule has 1 rings (SSSR count). The van der Waals surface area contributed by atoms with Gasteiger partial charge in [-0.3, -0.25) is 0 Å². The summed E-state index contributed by atoms with van der Waals surface area (Å²) in [6.45, 7) is 5.50. The highest BCUT2D eigenvalue weighted by atomic mass is 16.3. The molecule has 4 N–H and O–H groups in total. The molecule has 1 aliphatic rings. The van der Waals surface area contributed by atoms with Gasteiger partial charge in [-0.05, 0) is 38.6 Å². The molecule has 0 amide bonds. The summed E-state index contributed by atoms with van der Waals surface area (Å²) < 4.78 is 0. The molecule has 0 bridgehead atoms. The molecule has 16 heavy (non-hydrogen) atoms. The second kappa shape index (κ2) is 6.58. The molecule has 0 aromatic carbocycles. The second-order valence-corrected chi connectivity index (χ2v) is 5.51. The Kier molecular flexibility index (Phi) is 5.73. The lowest BCUT2D eigenvalue weighted by molar-refractivity contribution is 0.0429. The third-order valence-electron chi connectivity index (χ3n) is 3.75. The summed E-state index contributed by atoms with van der Waals surface area (Å²) in [7, 11) is 0. The third-order valence-corrected chi connectivity index (χ3v) is 3.75. The normalized spacial score (nSPS) is 30.0. The number of hydrogen-bond donors (Lipinski definition) is 3. The molecule has 3 unspecified atom stereocenters. The zero-order valence-corrected chi connectivity index (χ0v) is 10.8. The Labute approximate surface area is 99.8 Å². The molecule has 0 radical (unpaired) electrons. The zero-order chi connectivity index (χ0) is 12.0. The number of rotatable bonds is 6. The molecular weight excluding hydrogens is 200 g/mol. The van der Waals surface area contributed by atoms with Crippen LogP contribution in [-0.4, -0.2) is 29.8 Å². The Bertz CT molecular complexity index is 194. The molecule has 96 valence electrons. The van der Waals surface area contributed by atoms with Crippen molar-refractivity contribution in [3.63, 3.8) is 0 Å². The van der Waals surface area contributed by atoms with Gasteiger partial charge in [0.2, 0.25) is 0 Å². The minimum absolute atomic E-state index is 0.516. The molecule has 0 aromatic heterocycles. The fourth-order valence-corrected chi connectivity index (χ4v) is 2.74. The molecular formula is C13H28N2O. The fourth-order valence-electron chi connectivity index (χ4n) is 2.74. The van der Waals surface area contributed by atoms with E-state index in [2.05, 4.69) is 12.2 Å². The van der Waals surface area contributed by atoms with Gasteiger partial charge in [0.1, 0.15) is 0 Å². The maximum absolute atomic E-state index is 10.1. The van der Waals surface area contributed by atoms with Crippen molar-refractivity contribution in [3.8, 4) is 0 Å². The molecule has 0 saturated heterocycles. The van der Waals surface area contributed by atoms with Crippen LogP contribution < -0.4 is 11.1 Å². The number of nitrogens with two attached hydrogens (primary N) is 1. The van der Waals surface area contributed by atoms with E-state index in [0.29, 0.717) is 18.5 Å². The van der Waals surface area contributed by atoms with Gasteiger partial charge in [-0.2, -0.15) is 0 Å². The third kappa shape index (κ3) is 4.40. The van der Waals surface area contributed by atoms with Crippen LogP contribution >= 0.6 is 0 Å². The van der Waals surface area contributed by atoms with Crippen LogP contribution in [0.5, 0.6) is 0 Å². The number of nitrogens with one attached hydrogen (secondary N) is 1. The molecule has 0 aromatic rings. The van der Waals surface area contributed by atoms with Crippen LogP contribution in [0, 0.1) is 5.92 Å². The van der Waals surface area contributed by atoms with Gasteiger partial charge in [-0.15, -0.1) is 0 Å². The Balaban J connectivity index is 2.34. The lowest BCUT2D eigenvalue weighted by Crippen LogP contribution is -2.48.